The first-order valence-electron chi connectivity index (χ1n) is 5.94. The van der Waals surface area contributed by atoms with Crippen LogP contribution in [0, 0.1) is 0 Å². The third kappa shape index (κ3) is 3.68. The van der Waals surface area contributed by atoms with E-state index in [0.717, 1.165) is 0 Å². The van der Waals surface area contributed by atoms with E-state index in [2.05, 4.69) is 5.43 Å². The molecule has 1 heterocycles. The molecule has 2 atom stereocenters. The van der Waals surface area contributed by atoms with E-state index in [0.29, 0.717) is 33.7 Å². The van der Waals surface area contributed by atoms with Gasteiger partial charge in [-0.3, -0.25) is 10.2 Å². The normalized spacial score (nSPS) is 21.8. The highest BCUT2D eigenvalue weighted by Gasteiger charge is 2.30. The summed E-state index contributed by atoms with van der Waals surface area (Å²) in [7, 11) is 0. The standard InChI is InChI=1S/C12H13Cl3N2O3/c13-6-3-8(14)11(9(15)4-6)19-5-7-1-2-10(20-7)12(18)17-16/h3-4,7,10H,1-2,5,16H2,(H,17,18). The Morgan fingerprint density at radius 1 is 1.35 bits per heavy atom. The first kappa shape index (κ1) is 15.7. The number of carbonyl (C=O) groups is 1. The fourth-order valence-electron chi connectivity index (χ4n) is 1.96. The quantitative estimate of drug-likeness (QED) is 0.502. The van der Waals surface area contributed by atoms with Crippen LogP contribution in [0.5, 0.6) is 5.75 Å². The number of halogens is 3. The van der Waals surface area contributed by atoms with Crippen molar-refractivity contribution in [2.45, 2.75) is 25.0 Å². The molecule has 0 aromatic heterocycles. The van der Waals surface area contributed by atoms with Gasteiger partial charge in [-0.05, 0) is 25.0 Å². The molecule has 20 heavy (non-hydrogen) atoms. The minimum absolute atomic E-state index is 0.208. The zero-order valence-electron chi connectivity index (χ0n) is 10.4. The maximum atomic E-state index is 11.3. The van der Waals surface area contributed by atoms with Crippen LogP contribution in [0.1, 0.15) is 12.8 Å². The molecule has 1 aliphatic rings. The zero-order valence-corrected chi connectivity index (χ0v) is 12.6. The van der Waals surface area contributed by atoms with Crippen molar-refractivity contribution < 1.29 is 14.3 Å². The Bertz CT molecular complexity index is 490. The lowest BCUT2D eigenvalue weighted by Crippen LogP contribution is -2.39. The molecule has 2 rings (SSSR count). The molecule has 0 saturated carbocycles. The zero-order chi connectivity index (χ0) is 14.7. The lowest BCUT2D eigenvalue weighted by Gasteiger charge is -2.15. The van der Waals surface area contributed by atoms with Crippen molar-refractivity contribution in [3.8, 4) is 5.75 Å². The summed E-state index contributed by atoms with van der Waals surface area (Å²) in [6.07, 6.45) is 0.546. The second-order valence-electron chi connectivity index (χ2n) is 4.34. The third-order valence-corrected chi connectivity index (χ3v) is 3.70. The maximum absolute atomic E-state index is 11.3. The second-order valence-corrected chi connectivity index (χ2v) is 5.59. The molecule has 8 heteroatoms. The van der Waals surface area contributed by atoms with Crippen LogP contribution in [-0.2, 0) is 9.53 Å². The van der Waals surface area contributed by atoms with Crippen molar-refractivity contribution in [2.75, 3.05) is 6.61 Å². The van der Waals surface area contributed by atoms with Crippen LogP contribution in [0.2, 0.25) is 15.1 Å². The number of benzene rings is 1. The van der Waals surface area contributed by atoms with Gasteiger partial charge in [-0.15, -0.1) is 0 Å². The lowest BCUT2D eigenvalue weighted by molar-refractivity contribution is -0.132. The third-order valence-electron chi connectivity index (χ3n) is 2.92. The SMILES string of the molecule is NNC(=O)C1CCC(COc2c(Cl)cc(Cl)cc2Cl)O1. The molecule has 0 spiro atoms. The summed E-state index contributed by atoms with van der Waals surface area (Å²) in [5, 5.41) is 1.10. The van der Waals surface area contributed by atoms with Crippen molar-refractivity contribution in [3.05, 3.63) is 27.2 Å². The molecule has 5 nitrogen and oxygen atoms in total. The summed E-state index contributed by atoms with van der Waals surface area (Å²) in [6.45, 7) is 0.245. The van der Waals surface area contributed by atoms with Gasteiger partial charge in [0.05, 0.1) is 16.1 Å². The maximum Gasteiger partial charge on any atom is 0.263 e. The van der Waals surface area contributed by atoms with Gasteiger partial charge >= 0.3 is 0 Å². The van der Waals surface area contributed by atoms with Gasteiger partial charge in [-0.25, -0.2) is 5.84 Å². The summed E-state index contributed by atoms with van der Waals surface area (Å²) < 4.78 is 11.1. The Kier molecular flexibility index (Phi) is 5.35. The highest BCUT2D eigenvalue weighted by atomic mass is 35.5. The Morgan fingerprint density at radius 3 is 2.60 bits per heavy atom. The van der Waals surface area contributed by atoms with E-state index in [4.69, 9.17) is 50.1 Å². The molecular formula is C12H13Cl3N2O3. The highest BCUT2D eigenvalue weighted by molar-refractivity contribution is 6.40. The topological polar surface area (TPSA) is 73.6 Å². The average molecular weight is 340 g/mol. The predicted molar refractivity (Wildman–Crippen MR) is 77.2 cm³/mol. The number of nitrogens with two attached hydrogens (primary N) is 1. The molecule has 2 unspecified atom stereocenters. The van der Waals surface area contributed by atoms with Crippen molar-refractivity contribution in [1.29, 1.82) is 0 Å². The smallest absolute Gasteiger partial charge is 0.263 e. The van der Waals surface area contributed by atoms with Gasteiger partial charge < -0.3 is 9.47 Å². The number of rotatable bonds is 4. The minimum Gasteiger partial charge on any atom is -0.488 e. The van der Waals surface area contributed by atoms with Crippen LogP contribution in [0.25, 0.3) is 0 Å². The highest BCUT2D eigenvalue weighted by Crippen LogP contribution is 2.36. The molecule has 1 aromatic carbocycles. The van der Waals surface area contributed by atoms with Crippen molar-refractivity contribution in [3.63, 3.8) is 0 Å². The molecule has 0 radical (unpaired) electrons. The number of amides is 1. The predicted octanol–water partition coefficient (Wildman–Crippen LogP) is 2.56. The minimum atomic E-state index is -0.537. The Balaban J connectivity index is 1.92. The number of hydrogen-bond donors (Lipinski definition) is 2. The van der Waals surface area contributed by atoms with Crippen LogP contribution in [0.4, 0.5) is 0 Å². The average Bonchev–Trinajstić information content (AvgIpc) is 2.85. The van der Waals surface area contributed by atoms with E-state index < -0.39 is 6.10 Å². The van der Waals surface area contributed by atoms with Gasteiger partial charge in [0.15, 0.2) is 5.75 Å². The molecule has 3 N–H and O–H groups in total. The molecular weight excluding hydrogens is 327 g/mol. The van der Waals surface area contributed by atoms with Crippen LogP contribution in [0.15, 0.2) is 12.1 Å². The van der Waals surface area contributed by atoms with Crippen LogP contribution in [-0.4, -0.2) is 24.7 Å². The van der Waals surface area contributed by atoms with E-state index in [9.17, 15) is 4.79 Å². The van der Waals surface area contributed by atoms with Crippen LogP contribution < -0.4 is 16.0 Å². The van der Waals surface area contributed by atoms with Crippen molar-refractivity contribution in [2.24, 2.45) is 5.84 Å². The molecule has 0 bridgehead atoms. The summed E-state index contributed by atoms with van der Waals surface area (Å²) >= 11 is 17.8. The molecule has 110 valence electrons. The largest absolute Gasteiger partial charge is 0.488 e. The number of carbonyl (C=O) groups excluding carboxylic acids is 1. The first-order chi connectivity index (χ1) is 9.51. The van der Waals surface area contributed by atoms with Gasteiger partial charge in [-0.2, -0.15) is 0 Å². The summed E-state index contributed by atoms with van der Waals surface area (Å²) in [5.41, 5.74) is 2.06. The molecule has 1 fully saturated rings. The Morgan fingerprint density at radius 2 is 2.00 bits per heavy atom. The first-order valence-corrected chi connectivity index (χ1v) is 7.08. The molecule has 1 aliphatic heterocycles. The van der Waals surface area contributed by atoms with Crippen molar-refractivity contribution >= 4 is 40.7 Å². The number of nitrogens with one attached hydrogen (secondary N) is 1. The van der Waals surface area contributed by atoms with Gasteiger partial charge in [0.2, 0.25) is 0 Å². The van der Waals surface area contributed by atoms with Gasteiger partial charge in [0.25, 0.3) is 5.91 Å². The van der Waals surface area contributed by atoms with E-state index in [1.54, 1.807) is 12.1 Å². The van der Waals surface area contributed by atoms with Gasteiger partial charge in [0, 0.05) is 5.02 Å². The number of hydrazine groups is 1. The molecule has 1 amide bonds. The summed E-state index contributed by atoms with van der Waals surface area (Å²) in [6, 6.07) is 3.09. The lowest BCUT2D eigenvalue weighted by atomic mass is 10.2. The molecule has 1 saturated heterocycles. The second kappa shape index (κ2) is 6.83. The summed E-state index contributed by atoms with van der Waals surface area (Å²) in [5.74, 6) is 5.07. The van der Waals surface area contributed by atoms with Crippen molar-refractivity contribution in [1.82, 2.24) is 5.43 Å². The van der Waals surface area contributed by atoms with Crippen LogP contribution in [0.3, 0.4) is 0 Å². The molecule has 1 aromatic rings. The monoisotopic (exact) mass is 338 g/mol. The summed E-state index contributed by atoms with van der Waals surface area (Å²) in [4.78, 5) is 11.3. The fraction of sp³-hybridized carbons (Fsp3) is 0.417. The Hall–Kier alpha value is -0.720. The van der Waals surface area contributed by atoms with E-state index in [1.807, 2.05) is 0 Å². The van der Waals surface area contributed by atoms with Gasteiger partial charge in [0.1, 0.15) is 12.7 Å². The van der Waals surface area contributed by atoms with E-state index in [-0.39, 0.29) is 18.6 Å². The van der Waals surface area contributed by atoms with Gasteiger partial charge in [-0.1, -0.05) is 34.8 Å². The fourth-order valence-corrected chi connectivity index (χ4v) is 2.88. The van der Waals surface area contributed by atoms with E-state index in [1.165, 1.54) is 0 Å². The number of hydrogen-bond acceptors (Lipinski definition) is 4. The van der Waals surface area contributed by atoms with Crippen LogP contribution >= 0.6 is 34.8 Å². The number of ether oxygens (including phenoxy) is 2. The van der Waals surface area contributed by atoms with E-state index >= 15 is 0 Å². The molecule has 0 aliphatic carbocycles. The Labute approximate surface area is 131 Å².